The molecule has 0 radical (unpaired) electrons. The van der Waals surface area contributed by atoms with Gasteiger partial charge < -0.3 is 18.9 Å². The van der Waals surface area contributed by atoms with Crippen LogP contribution in [0.1, 0.15) is 35.3 Å². The lowest BCUT2D eigenvalue weighted by Crippen LogP contribution is -2.30. The Morgan fingerprint density at radius 1 is 1.03 bits per heavy atom. The summed E-state index contributed by atoms with van der Waals surface area (Å²) in [5, 5.41) is 0.975. The Labute approximate surface area is 183 Å². The van der Waals surface area contributed by atoms with Crippen LogP contribution in [0.2, 0.25) is 0 Å². The molecule has 0 spiro atoms. The van der Waals surface area contributed by atoms with Crippen LogP contribution in [0.5, 0.6) is 11.5 Å². The number of carbonyl (C=O) groups is 1. The number of nitrogens with zero attached hydrogens (tertiary/aromatic N) is 2. The number of aromatic nitrogens is 1. The van der Waals surface area contributed by atoms with Gasteiger partial charge in [-0.05, 0) is 49.1 Å². The third-order valence-electron chi connectivity index (χ3n) is 5.41. The second-order valence-electron chi connectivity index (χ2n) is 8.30. The van der Waals surface area contributed by atoms with Gasteiger partial charge in [-0.1, -0.05) is 26.0 Å². The molecule has 6 nitrogen and oxygen atoms in total. The number of hydrogen-bond donors (Lipinski definition) is 0. The lowest BCUT2D eigenvalue weighted by molar-refractivity contribution is 0.0993. The summed E-state index contributed by atoms with van der Waals surface area (Å²) in [7, 11) is 4.82. The number of fused-ring (bicyclic) bond motifs is 1. The topological polar surface area (TPSA) is 60.8 Å². The van der Waals surface area contributed by atoms with E-state index in [-0.39, 0.29) is 17.4 Å². The van der Waals surface area contributed by atoms with Crippen LogP contribution < -0.4 is 19.9 Å². The summed E-state index contributed by atoms with van der Waals surface area (Å²) in [6, 6.07) is 9.37. The Kier molecular flexibility index (Phi) is 6.39. The van der Waals surface area contributed by atoms with Crippen molar-refractivity contribution in [2.45, 2.75) is 34.2 Å². The molecule has 0 N–H and O–H groups in total. The molecule has 164 valence electrons. The maximum absolute atomic E-state index is 13.7. The van der Waals surface area contributed by atoms with Gasteiger partial charge in [-0.3, -0.25) is 9.59 Å². The minimum atomic E-state index is -0.191. The molecule has 0 aliphatic carbocycles. The zero-order chi connectivity index (χ0) is 22.9. The fourth-order valence-electron chi connectivity index (χ4n) is 3.79. The predicted molar refractivity (Wildman–Crippen MR) is 125 cm³/mol. The largest absolute Gasteiger partial charge is 0.493 e. The van der Waals surface area contributed by atoms with Crippen molar-refractivity contribution in [2.75, 3.05) is 26.2 Å². The van der Waals surface area contributed by atoms with Gasteiger partial charge in [0.25, 0.3) is 11.5 Å². The maximum Gasteiger partial charge on any atom is 0.260 e. The molecule has 3 aromatic rings. The van der Waals surface area contributed by atoms with E-state index < -0.39 is 0 Å². The summed E-state index contributed by atoms with van der Waals surface area (Å²) in [4.78, 5) is 28.5. The van der Waals surface area contributed by atoms with E-state index >= 15 is 0 Å². The number of ether oxygens (including phenoxy) is 2. The van der Waals surface area contributed by atoms with Gasteiger partial charge in [-0.25, -0.2) is 0 Å². The van der Waals surface area contributed by atoms with E-state index in [4.69, 9.17) is 9.47 Å². The molecule has 0 aliphatic rings. The molecular weight excluding hydrogens is 392 g/mol. The van der Waals surface area contributed by atoms with Crippen molar-refractivity contribution < 1.29 is 14.3 Å². The van der Waals surface area contributed by atoms with Crippen molar-refractivity contribution in [3.05, 3.63) is 63.6 Å². The minimum Gasteiger partial charge on any atom is -0.493 e. The average molecular weight is 423 g/mol. The van der Waals surface area contributed by atoms with E-state index in [1.807, 2.05) is 45.9 Å². The first-order chi connectivity index (χ1) is 14.7. The number of pyridine rings is 1. The molecule has 3 rings (SSSR count). The third-order valence-corrected chi connectivity index (χ3v) is 5.41. The molecule has 0 aliphatic heterocycles. The third kappa shape index (κ3) is 4.29. The van der Waals surface area contributed by atoms with Crippen LogP contribution in [0.3, 0.4) is 0 Å². The molecule has 1 aromatic heterocycles. The van der Waals surface area contributed by atoms with Crippen molar-refractivity contribution >= 4 is 22.4 Å². The van der Waals surface area contributed by atoms with Crippen LogP contribution in [0.4, 0.5) is 5.69 Å². The molecule has 6 heteroatoms. The zero-order valence-electron chi connectivity index (χ0n) is 19.3. The highest BCUT2D eigenvalue weighted by atomic mass is 16.5. The minimum absolute atomic E-state index is 0.157. The number of carbonyl (C=O) groups excluding carboxylic acids is 1. The Morgan fingerprint density at radius 3 is 2.23 bits per heavy atom. The molecule has 0 saturated carbocycles. The summed E-state index contributed by atoms with van der Waals surface area (Å²) in [5.41, 5.74) is 3.19. The SMILES string of the molecule is COc1cc2c(C(=O)N(C)c3cc(C)ccc3C)cn(CC(C)C)c(=O)c2cc1OC. The Bertz CT molecular complexity index is 1190. The summed E-state index contributed by atoms with van der Waals surface area (Å²) < 4.78 is 12.4. The van der Waals surface area contributed by atoms with Gasteiger partial charge in [0.2, 0.25) is 0 Å². The zero-order valence-corrected chi connectivity index (χ0v) is 19.3. The van der Waals surface area contributed by atoms with Gasteiger partial charge >= 0.3 is 0 Å². The van der Waals surface area contributed by atoms with Gasteiger partial charge in [-0.15, -0.1) is 0 Å². The molecule has 2 aromatic carbocycles. The molecule has 0 fully saturated rings. The Balaban J connectivity index is 2.28. The molecule has 0 unspecified atom stereocenters. The van der Waals surface area contributed by atoms with Gasteiger partial charge in [0, 0.05) is 30.9 Å². The van der Waals surface area contributed by atoms with Gasteiger partial charge in [0.05, 0.1) is 25.2 Å². The predicted octanol–water partition coefficient (Wildman–Crippen LogP) is 4.57. The average Bonchev–Trinajstić information content (AvgIpc) is 2.75. The van der Waals surface area contributed by atoms with Crippen LogP contribution >= 0.6 is 0 Å². The first kappa shape index (κ1) is 22.4. The Morgan fingerprint density at radius 2 is 1.65 bits per heavy atom. The van der Waals surface area contributed by atoms with Crippen molar-refractivity contribution in [1.82, 2.24) is 4.57 Å². The lowest BCUT2D eigenvalue weighted by atomic mass is 10.0. The summed E-state index contributed by atoms with van der Waals surface area (Å²) in [6.45, 7) is 8.56. The first-order valence-electron chi connectivity index (χ1n) is 10.3. The van der Waals surface area contributed by atoms with E-state index in [0.29, 0.717) is 34.4 Å². The Hall–Kier alpha value is -3.28. The maximum atomic E-state index is 13.7. The number of rotatable bonds is 6. The van der Waals surface area contributed by atoms with Crippen LogP contribution in [-0.2, 0) is 6.54 Å². The molecule has 1 amide bonds. The summed E-state index contributed by atoms with van der Waals surface area (Å²) >= 11 is 0. The number of methoxy groups -OCH3 is 2. The highest BCUT2D eigenvalue weighted by molar-refractivity contribution is 6.14. The van der Waals surface area contributed by atoms with E-state index in [1.54, 1.807) is 34.8 Å². The van der Waals surface area contributed by atoms with E-state index in [1.165, 1.54) is 14.2 Å². The quantitative estimate of drug-likeness (QED) is 0.584. The highest BCUT2D eigenvalue weighted by Crippen LogP contribution is 2.33. The fraction of sp³-hybridized carbons (Fsp3) is 0.360. The van der Waals surface area contributed by atoms with E-state index in [9.17, 15) is 9.59 Å². The van der Waals surface area contributed by atoms with Gasteiger partial charge in [0.15, 0.2) is 11.5 Å². The smallest absolute Gasteiger partial charge is 0.260 e. The number of hydrogen-bond acceptors (Lipinski definition) is 4. The number of aryl methyl sites for hydroxylation is 2. The lowest BCUT2D eigenvalue weighted by Gasteiger charge is -2.22. The van der Waals surface area contributed by atoms with Crippen molar-refractivity contribution in [3.8, 4) is 11.5 Å². The van der Waals surface area contributed by atoms with Crippen LogP contribution in [0, 0.1) is 19.8 Å². The van der Waals surface area contributed by atoms with E-state index in [0.717, 1.165) is 16.8 Å². The van der Waals surface area contributed by atoms with Crippen molar-refractivity contribution in [3.63, 3.8) is 0 Å². The standard InChI is InChI=1S/C25H30N2O4/c1-15(2)13-27-14-20(24(28)26(5)21-10-16(3)8-9-17(21)4)18-11-22(30-6)23(31-7)12-19(18)25(27)29/h8-12,14-15H,13H2,1-7H3. The molecule has 0 atom stereocenters. The second kappa shape index (κ2) is 8.84. The van der Waals surface area contributed by atoms with Crippen LogP contribution in [0.25, 0.3) is 10.8 Å². The summed E-state index contributed by atoms with van der Waals surface area (Å²) in [6.07, 6.45) is 1.67. The number of amides is 1. The molecular formula is C25H30N2O4. The van der Waals surface area contributed by atoms with Crippen LogP contribution in [-0.4, -0.2) is 31.7 Å². The van der Waals surface area contributed by atoms with Crippen LogP contribution in [0.15, 0.2) is 41.3 Å². The van der Waals surface area contributed by atoms with Gasteiger partial charge in [0.1, 0.15) is 0 Å². The first-order valence-corrected chi connectivity index (χ1v) is 10.3. The monoisotopic (exact) mass is 422 g/mol. The number of anilines is 1. The normalized spacial score (nSPS) is 11.1. The van der Waals surface area contributed by atoms with Gasteiger partial charge in [-0.2, -0.15) is 0 Å². The molecule has 31 heavy (non-hydrogen) atoms. The molecule has 0 bridgehead atoms. The second-order valence-corrected chi connectivity index (χ2v) is 8.30. The fourth-order valence-corrected chi connectivity index (χ4v) is 3.79. The number of benzene rings is 2. The summed E-state index contributed by atoms with van der Waals surface area (Å²) in [5.74, 6) is 0.980. The molecule has 0 saturated heterocycles. The molecule has 1 heterocycles. The van der Waals surface area contributed by atoms with E-state index in [2.05, 4.69) is 0 Å². The van der Waals surface area contributed by atoms with Crippen molar-refractivity contribution in [2.24, 2.45) is 5.92 Å². The van der Waals surface area contributed by atoms with Crippen molar-refractivity contribution in [1.29, 1.82) is 0 Å². The highest BCUT2D eigenvalue weighted by Gasteiger charge is 2.22.